The molecule has 0 amide bonds. The quantitative estimate of drug-likeness (QED) is 0.819. The van der Waals surface area contributed by atoms with Gasteiger partial charge in [-0.2, -0.15) is 13.2 Å². The molecule has 2 rings (SSSR count). The Bertz CT molecular complexity index is 589. The Morgan fingerprint density at radius 1 is 1.20 bits per heavy atom. The summed E-state index contributed by atoms with van der Waals surface area (Å²) in [5.41, 5.74) is 2.06. The van der Waals surface area contributed by atoms with Crippen molar-refractivity contribution in [3.8, 4) is 10.4 Å². The van der Waals surface area contributed by atoms with E-state index in [0.29, 0.717) is 5.56 Å². The van der Waals surface area contributed by atoms with Gasteiger partial charge in [-0.1, -0.05) is 18.2 Å². The summed E-state index contributed by atoms with van der Waals surface area (Å²) in [6, 6.07) is 6.38. The summed E-state index contributed by atoms with van der Waals surface area (Å²) in [6.07, 6.45) is -4.22. The van der Waals surface area contributed by atoms with Gasteiger partial charge < -0.3 is 5.32 Å². The van der Waals surface area contributed by atoms with E-state index in [0.717, 1.165) is 16.0 Å². The third kappa shape index (κ3) is 3.58. The predicted molar refractivity (Wildman–Crippen MR) is 72.2 cm³/mol. The second kappa shape index (κ2) is 5.93. The molecule has 1 heterocycles. The zero-order valence-corrected chi connectivity index (χ0v) is 11.5. The van der Waals surface area contributed by atoms with Crippen molar-refractivity contribution in [3.63, 3.8) is 0 Å². The molecule has 1 N–H and O–H groups in total. The summed E-state index contributed by atoms with van der Waals surface area (Å²) in [5.74, 6) is -0.327. The summed E-state index contributed by atoms with van der Waals surface area (Å²) < 4.78 is 49.9. The number of benzene rings is 1. The van der Waals surface area contributed by atoms with Crippen LogP contribution in [-0.2, 0) is 6.54 Å². The SMILES string of the molecule is Cc1c(CNCC(F)(F)F)csc1-c1ccccc1F. The molecule has 0 atom stereocenters. The number of thiophene rings is 1. The van der Waals surface area contributed by atoms with Gasteiger partial charge in [0.2, 0.25) is 0 Å². The first-order valence-corrected chi connectivity index (χ1v) is 6.86. The van der Waals surface area contributed by atoms with Gasteiger partial charge in [0, 0.05) is 17.0 Å². The van der Waals surface area contributed by atoms with Gasteiger partial charge in [0.25, 0.3) is 0 Å². The molecule has 0 saturated heterocycles. The van der Waals surface area contributed by atoms with Crippen molar-refractivity contribution in [2.24, 2.45) is 0 Å². The van der Waals surface area contributed by atoms with Crippen molar-refractivity contribution in [2.45, 2.75) is 19.6 Å². The highest BCUT2D eigenvalue weighted by molar-refractivity contribution is 7.14. The molecule has 0 aliphatic rings. The van der Waals surface area contributed by atoms with Crippen molar-refractivity contribution >= 4 is 11.3 Å². The second-order valence-electron chi connectivity index (χ2n) is 4.41. The molecule has 1 nitrogen and oxygen atoms in total. The van der Waals surface area contributed by atoms with E-state index in [4.69, 9.17) is 0 Å². The van der Waals surface area contributed by atoms with Crippen LogP contribution in [0.25, 0.3) is 10.4 Å². The third-order valence-corrected chi connectivity index (χ3v) is 4.06. The lowest BCUT2D eigenvalue weighted by molar-refractivity contribution is -0.125. The minimum absolute atomic E-state index is 0.121. The fourth-order valence-electron chi connectivity index (χ4n) is 1.88. The minimum atomic E-state index is -4.22. The van der Waals surface area contributed by atoms with Gasteiger partial charge in [-0.05, 0) is 29.5 Å². The van der Waals surface area contributed by atoms with E-state index in [2.05, 4.69) is 5.32 Å². The second-order valence-corrected chi connectivity index (χ2v) is 5.29. The highest BCUT2D eigenvalue weighted by Crippen LogP contribution is 2.33. The van der Waals surface area contributed by atoms with Crippen molar-refractivity contribution in [1.29, 1.82) is 0 Å². The van der Waals surface area contributed by atoms with E-state index in [-0.39, 0.29) is 12.4 Å². The van der Waals surface area contributed by atoms with Gasteiger partial charge >= 0.3 is 6.18 Å². The minimum Gasteiger partial charge on any atom is -0.305 e. The molecule has 0 bridgehead atoms. The van der Waals surface area contributed by atoms with Gasteiger partial charge in [0.15, 0.2) is 0 Å². The van der Waals surface area contributed by atoms with Crippen molar-refractivity contribution in [1.82, 2.24) is 5.32 Å². The maximum Gasteiger partial charge on any atom is 0.401 e. The Morgan fingerprint density at radius 2 is 1.90 bits per heavy atom. The van der Waals surface area contributed by atoms with Crippen molar-refractivity contribution in [3.05, 3.63) is 46.6 Å². The van der Waals surface area contributed by atoms with Gasteiger partial charge in [-0.25, -0.2) is 4.39 Å². The normalized spacial score (nSPS) is 11.8. The van der Waals surface area contributed by atoms with E-state index < -0.39 is 12.7 Å². The van der Waals surface area contributed by atoms with Crippen LogP contribution in [0.15, 0.2) is 29.6 Å². The molecule has 0 spiro atoms. The molecule has 6 heteroatoms. The van der Waals surface area contributed by atoms with E-state index in [1.165, 1.54) is 17.4 Å². The van der Waals surface area contributed by atoms with Crippen molar-refractivity contribution in [2.75, 3.05) is 6.54 Å². The highest BCUT2D eigenvalue weighted by Gasteiger charge is 2.26. The Hall–Kier alpha value is -1.40. The summed E-state index contributed by atoms with van der Waals surface area (Å²) in [5, 5.41) is 4.11. The molecule has 0 radical (unpaired) electrons. The zero-order valence-electron chi connectivity index (χ0n) is 10.7. The smallest absolute Gasteiger partial charge is 0.305 e. The largest absolute Gasteiger partial charge is 0.401 e. The fraction of sp³-hybridized carbons (Fsp3) is 0.286. The van der Waals surface area contributed by atoms with Gasteiger partial charge in [0.05, 0.1) is 6.54 Å². The molecule has 20 heavy (non-hydrogen) atoms. The Balaban J connectivity index is 2.14. The van der Waals surface area contributed by atoms with Crippen molar-refractivity contribution < 1.29 is 17.6 Å². The molecule has 1 aromatic heterocycles. The van der Waals surface area contributed by atoms with Crippen LogP contribution < -0.4 is 5.32 Å². The third-order valence-electron chi connectivity index (χ3n) is 2.90. The Labute approximate surface area is 118 Å². The highest BCUT2D eigenvalue weighted by atomic mass is 32.1. The Morgan fingerprint density at radius 3 is 2.55 bits per heavy atom. The summed E-state index contributed by atoms with van der Waals surface area (Å²) in [6.45, 7) is 0.885. The van der Waals surface area contributed by atoms with Crippen LogP contribution in [0.5, 0.6) is 0 Å². The number of hydrogen-bond acceptors (Lipinski definition) is 2. The van der Waals surface area contributed by atoms with Crippen LogP contribution in [0.2, 0.25) is 0 Å². The molecule has 108 valence electrons. The van der Waals surface area contributed by atoms with Gasteiger partial charge in [0.1, 0.15) is 5.82 Å². The maximum absolute atomic E-state index is 13.7. The number of halogens is 4. The monoisotopic (exact) mass is 303 g/mol. The average molecular weight is 303 g/mol. The van der Waals surface area contributed by atoms with E-state index in [1.54, 1.807) is 30.5 Å². The van der Waals surface area contributed by atoms with E-state index >= 15 is 0 Å². The van der Waals surface area contributed by atoms with Crippen LogP contribution in [0.4, 0.5) is 17.6 Å². The zero-order chi connectivity index (χ0) is 14.8. The van der Waals surface area contributed by atoms with Gasteiger partial charge in [-0.15, -0.1) is 11.3 Å². The molecular formula is C14H13F4NS. The van der Waals surface area contributed by atoms with E-state index in [1.807, 2.05) is 0 Å². The fourth-order valence-corrected chi connectivity index (χ4v) is 3.00. The first-order chi connectivity index (χ1) is 9.38. The van der Waals surface area contributed by atoms with Crippen LogP contribution in [0, 0.1) is 12.7 Å². The van der Waals surface area contributed by atoms with Crippen LogP contribution in [0.1, 0.15) is 11.1 Å². The molecule has 0 aliphatic heterocycles. The Kier molecular flexibility index (Phi) is 4.45. The molecule has 0 saturated carbocycles. The molecular weight excluding hydrogens is 290 g/mol. The average Bonchev–Trinajstić information content (AvgIpc) is 2.70. The summed E-state index contributed by atoms with van der Waals surface area (Å²) >= 11 is 1.34. The first-order valence-electron chi connectivity index (χ1n) is 5.98. The van der Waals surface area contributed by atoms with Crippen LogP contribution >= 0.6 is 11.3 Å². The number of rotatable bonds is 4. The first kappa shape index (κ1) is 15.0. The molecule has 0 fully saturated rings. The lowest BCUT2D eigenvalue weighted by Gasteiger charge is -2.08. The molecule has 1 aromatic carbocycles. The molecule has 2 aromatic rings. The van der Waals surface area contributed by atoms with Crippen LogP contribution in [-0.4, -0.2) is 12.7 Å². The lowest BCUT2D eigenvalue weighted by atomic mass is 10.1. The topological polar surface area (TPSA) is 12.0 Å². The summed E-state index contributed by atoms with van der Waals surface area (Å²) in [4.78, 5) is 0.756. The number of nitrogens with one attached hydrogen (secondary N) is 1. The predicted octanol–water partition coefficient (Wildman–Crippen LogP) is 4.51. The molecule has 0 unspecified atom stereocenters. The number of alkyl halides is 3. The number of hydrogen-bond donors (Lipinski definition) is 1. The molecule has 0 aliphatic carbocycles. The lowest BCUT2D eigenvalue weighted by Crippen LogP contribution is -2.28. The van der Waals surface area contributed by atoms with E-state index in [9.17, 15) is 17.6 Å². The standard InChI is InChI=1S/C14H13F4NS/c1-9-10(6-19-8-14(16,17)18)7-20-13(9)11-4-2-3-5-12(11)15/h2-5,7,19H,6,8H2,1H3. The van der Waals surface area contributed by atoms with Gasteiger partial charge in [-0.3, -0.25) is 0 Å². The summed E-state index contributed by atoms with van der Waals surface area (Å²) in [7, 11) is 0. The maximum atomic E-state index is 13.7. The van der Waals surface area contributed by atoms with Crippen LogP contribution in [0.3, 0.4) is 0 Å².